The molecule has 0 spiro atoms. The van der Waals surface area contributed by atoms with Gasteiger partial charge in [-0.3, -0.25) is 9.38 Å². The Hall–Kier alpha value is -0.440. The van der Waals surface area contributed by atoms with Crippen molar-refractivity contribution in [2.45, 2.75) is 18.9 Å². The monoisotopic (exact) mass is 132 g/mol. The lowest BCUT2D eigenvalue weighted by Crippen LogP contribution is -2.38. The van der Waals surface area contributed by atoms with E-state index in [0.29, 0.717) is 6.42 Å². The first-order valence-electron chi connectivity index (χ1n) is 2.90. The van der Waals surface area contributed by atoms with Crippen LogP contribution in [0.2, 0.25) is 0 Å². The Labute approximate surface area is 55.0 Å². The van der Waals surface area contributed by atoms with Gasteiger partial charge in [-0.15, -0.1) is 0 Å². The Morgan fingerprint density at radius 3 is 2.67 bits per heavy atom. The molecule has 0 aliphatic carbocycles. The number of rotatable bonds is 3. The van der Waals surface area contributed by atoms with Gasteiger partial charge in [-0.05, 0) is 13.3 Å². The third-order valence-electron chi connectivity index (χ3n) is 1.06. The van der Waals surface area contributed by atoms with E-state index in [4.69, 9.17) is 5.73 Å². The molecule has 0 saturated carbocycles. The van der Waals surface area contributed by atoms with Crippen molar-refractivity contribution < 1.29 is 4.39 Å². The first-order chi connectivity index (χ1) is 4.12. The van der Waals surface area contributed by atoms with Crippen LogP contribution in [0.15, 0.2) is 4.99 Å². The number of nitrogens with zero attached hydrogens (tertiary/aromatic N) is 1. The summed E-state index contributed by atoms with van der Waals surface area (Å²) < 4.78 is 11.7. The molecule has 0 bridgehead atoms. The van der Waals surface area contributed by atoms with E-state index >= 15 is 0 Å². The summed E-state index contributed by atoms with van der Waals surface area (Å²) in [5.41, 5.74) is 4.98. The van der Waals surface area contributed by atoms with E-state index < -0.39 is 5.54 Å². The highest BCUT2D eigenvalue weighted by atomic mass is 19.1. The summed E-state index contributed by atoms with van der Waals surface area (Å²) in [5.74, 6) is 0. The molecule has 0 aromatic carbocycles. The van der Waals surface area contributed by atoms with Gasteiger partial charge in [0.05, 0.1) is 12.2 Å². The normalized spacial score (nSPS) is 18.2. The molecule has 0 aromatic rings. The molecule has 9 heavy (non-hydrogen) atoms. The second-order valence-electron chi connectivity index (χ2n) is 2.33. The average Bonchev–Trinajstić information content (AvgIpc) is 1.64. The van der Waals surface area contributed by atoms with Gasteiger partial charge in [0.25, 0.3) is 0 Å². The number of alkyl halides is 1. The van der Waals surface area contributed by atoms with Gasteiger partial charge in [0, 0.05) is 13.3 Å². The maximum absolute atomic E-state index is 11.7. The fourth-order valence-corrected chi connectivity index (χ4v) is 0.563. The smallest absolute Gasteiger partial charge is 0.0915 e. The molecule has 1 unspecified atom stereocenters. The fourth-order valence-electron chi connectivity index (χ4n) is 0.563. The van der Waals surface area contributed by atoms with Crippen LogP contribution in [0.3, 0.4) is 0 Å². The predicted molar refractivity (Wildman–Crippen MR) is 37.6 cm³/mol. The minimum absolute atomic E-state index is 0.338. The van der Waals surface area contributed by atoms with Crippen molar-refractivity contribution in [3.05, 3.63) is 0 Å². The molecular formula is C6H13FN2. The molecule has 3 heteroatoms. The second kappa shape index (κ2) is 3.56. The zero-order valence-electron chi connectivity index (χ0n) is 5.89. The van der Waals surface area contributed by atoms with E-state index in [9.17, 15) is 4.39 Å². The number of nitrogens with two attached hydrogens (primary N) is 1. The minimum Gasteiger partial charge on any atom is -0.321 e. The van der Waals surface area contributed by atoms with Crippen LogP contribution in [0.25, 0.3) is 0 Å². The van der Waals surface area contributed by atoms with Crippen LogP contribution in [0.1, 0.15) is 13.3 Å². The van der Waals surface area contributed by atoms with Gasteiger partial charge in [-0.1, -0.05) is 0 Å². The topological polar surface area (TPSA) is 38.4 Å². The molecule has 0 heterocycles. The van der Waals surface area contributed by atoms with E-state index in [1.54, 1.807) is 20.2 Å². The summed E-state index contributed by atoms with van der Waals surface area (Å²) in [6, 6.07) is 0. The van der Waals surface area contributed by atoms with Crippen LogP contribution >= 0.6 is 0 Å². The van der Waals surface area contributed by atoms with Crippen molar-refractivity contribution in [1.29, 1.82) is 0 Å². The van der Waals surface area contributed by atoms with Crippen LogP contribution in [0.4, 0.5) is 4.39 Å². The molecular weight excluding hydrogens is 119 g/mol. The molecule has 0 radical (unpaired) electrons. The summed E-state index contributed by atoms with van der Waals surface area (Å²) in [6.07, 6.45) is 1.90. The van der Waals surface area contributed by atoms with Crippen LogP contribution in [-0.4, -0.2) is 25.5 Å². The number of hydrogen-bond donors (Lipinski definition) is 1. The van der Waals surface area contributed by atoms with Gasteiger partial charge in [-0.25, -0.2) is 0 Å². The summed E-state index contributed by atoms with van der Waals surface area (Å²) >= 11 is 0. The average molecular weight is 132 g/mol. The third-order valence-corrected chi connectivity index (χ3v) is 1.06. The van der Waals surface area contributed by atoms with Gasteiger partial charge in [0.15, 0.2) is 0 Å². The van der Waals surface area contributed by atoms with Crippen molar-refractivity contribution in [3.63, 3.8) is 0 Å². The maximum atomic E-state index is 11.7. The highest BCUT2D eigenvalue weighted by Gasteiger charge is 2.13. The number of aliphatic imine (C=N–C) groups is 1. The van der Waals surface area contributed by atoms with E-state index in [1.807, 2.05) is 0 Å². The zero-order chi connectivity index (χ0) is 7.33. The molecule has 0 fully saturated rings. The van der Waals surface area contributed by atoms with Crippen molar-refractivity contribution in [3.8, 4) is 0 Å². The lowest BCUT2D eigenvalue weighted by Gasteiger charge is -2.15. The molecule has 2 nitrogen and oxygen atoms in total. The lowest BCUT2D eigenvalue weighted by molar-refractivity contribution is 0.421. The Morgan fingerprint density at radius 2 is 2.33 bits per heavy atom. The van der Waals surface area contributed by atoms with Gasteiger partial charge < -0.3 is 5.73 Å². The summed E-state index contributed by atoms with van der Waals surface area (Å²) in [6.45, 7) is 1.36. The quantitative estimate of drug-likeness (QED) is 0.566. The van der Waals surface area contributed by atoms with Crippen molar-refractivity contribution in [1.82, 2.24) is 0 Å². The van der Waals surface area contributed by atoms with Crippen LogP contribution in [0.5, 0.6) is 0 Å². The molecule has 0 aromatic heterocycles. The Kier molecular flexibility index (Phi) is 3.39. The molecule has 54 valence electrons. The largest absolute Gasteiger partial charge is 0.321 e. The van der Waals surface area contributed by atoms with Crippen LogP contribution < -0.4 is 5.73 Å². The Balaban J connectivity index is 3.70. The molecule has 0 saturated heterocycles. The molecule has 1 atom stereocenters. The highest BCUT2D eigenvalue weighted by molar-refractivity contribution is 5.68. The van der Waals surface area contributed by atoms with Gasteiger partial charge in [0.1, 0.15) is 0 Å². The first-order valence-corrected chi connectivity index (χ1v) is 2.90. The first kappa shape index (κ1) is 8.56. The van der Waals surface area contributed by atoms with E-state index in [1.165, 1.54) is 0 Å². The van der Waals surface area contributed by atoms with Gasteiger partial charge >= 0.3 is 0 Å². The van der Waals surface area contributed by atoms with Crippen molar-refractivity contribution >= 4 is 6.21 Å². The Morgan fingerprint density at radius 1 is 1.78 bits per heavy atom. The maximum Gasteiger partial charge on any atom is 0.0915 e. The lowest BCUT2D eigenvalue weighted by atomic mass is 10.0. The predicted octanol–water partition coefficient (Wildman–Crippen LogP) is 0.764. The van der Waals surface area contributed by atoms with E-state index in [2.05, 4.69) is 4.99 Å². The number of halogens is 1. The van der Waals surface area contributed by atoms with Gasteiger partial charge in [0.2, 0.25) is 0 Å². The van der Waals surface area contributed by atoms with Crippen LogP contribution in [-0.2, 0) is 0 Å². The number of hydrogen-bond acceptors (Lipinski definition) is 2. The molecule has 0 rings (SSSR count). The summed E-state index contributed by atoms with van der Waals surface area (Å²) in [5, 5.41) is 0. The third kappa shape index (κ3) is 4.09. The molecule has 2 N–H and O–H groups in total. The van der Waals surface area contributed by atoms with E-state index in [0.717, 1.165) is 0 Å². The molecule has 0 aliphatic heterocycles. The van der Waals surface area contributed by atoms with Crippen molar-refractivity contribution in [2.75, 3.05) is 13.7 Å². The molecule has 0 amide bonds. The standard InChI is InChI=1S/C6H13FN2/c1-6(8,3-4-7)5-9-2/h5H,3-4,8H2,1-2H3. The van der Waals surface area contributed by atoms with Gasteiger partial charge in [-0.2, -0.15) is 0 Å². The second-order valence-corrected chi connectivity index (χ2v) is 2.33. The zero-order valence-corrected chi connectivity index (χ0v) is 5.89. The molecule has 0 aliphatic rings. The SMILES string of the molecule is CN=CC(C)(N)CCF. The minimum atomic E-state index is -0.566. The summed E-state index contributed by atoms with van der Waals surface area (Å²) in [7, 11) is 1.63. The fraction of sp³-hybridized carbons (Fsp3) is 0.833. The van der Waals surface area contributed by atoms with E-state index in [-0.39, 0.29) is 6.67 Å². The summed E-state index contributed by atoms with van der Waals surface area (Å²) in [4.78, 5) is 3.71. The van der Waals surface area contributed by atoms with Crippen LogP contribution in [0, 0.1) is 0 Å². The van der Waals surface area contributed by atoms with Crippen molar-refractivity contribution in [2.24, 2.45) is 10.7 Å². The Bertz CT molecular complexity index is 99.2. The highest BCUT2D eigenvalue weighted by Crippen LogP contribution is 2.01.